The molecular formula is C38H43N2O8P. The second kappa shape index (κ2) is 18.0. The molecule has 2 amide bonds. The SMILES string of the molecule is COc1ccc(P(=O)(OCC(=O)C(Cc2ccccc2)NC(=O)[C@H](CC(C)C)NC(=O)OCc2ccccc2)c2ccc(OC)cc2)cc1. The third-order valence-corrected chi connectivity index (χ3v) is 10.2. The van der Waals surface area contributed by atoms with E-state index in [-0.39, 0.29) is 18.9 Å². The van der Waals surface area contributed by atoms with Crippen LogP contribution in [0.2, 0.25) is 0 Å². The molecule has 2 atom stereocenters. The predicted molar refractivity (Wildman–Crippen MR) is 189 cm³/mol. The normalized spacial score (nSPS) is 12.4. The van der Waals surface area contributed by atoms with E-state index in [1.165, 1.54) is 14.2 Å². The maximum atomic E-state index is 14.6. The van der Waals surface area contributed by atoms with Gasteiger partial charge in [-0.1, -0.05) is 74.5 Å². The molecule has 0 aliphatic rings. The molecule has 1 unspecified atom stereocenters. The lowest BCUT2D eigenvalue weighted by atomic mass is 10.00. The van der Waals surface area contributed by atoms with Crippen LogP contribution < -0.4 is 30.7 Å². The summed E-state index contributed by atoms with van der Waals surface area (Å²) in [5, 5.41) is 6.23. The zero-order chi connectivity index (χ0) is 35.2. The molecule has 4 aromatic rings. The molecule has 0 aliphatic heterocycles. The Labute approximate surface area is 287 Å². The molecule has 258 valence electrons. The largest absolute Gasteiger partial charge is 0.497 e. The van der Waals surface area contributed by atoms with Crippen LogP contribution in [0, 0.1) is 5.92 Å². The number of alkyl carbamates (subject to hydrolysis) is 1. The first-order valence-electron chi connectivity index (χ1n) is 16.0. The molecule has 2 N–H and O–H groups in total. The summed E-state index contributed by atoms with van der Waals surface area (Å²) in [6.07, 6.45) is -0.297. The summed E-state index contributed by atoms with van der Waals surface area (Å²) in [6, 6.07) is 29.6. The van der Waals surface area contributed by atoms with Crippen molar-refractivity contribution in [1.82, 2.24) is 10.6 Å². The van der Waals surface area contributed by atoms with Crippen molar-refractivity contribution in [2.75, 3.05) is 20.8 Å². The molecule has 0 spiro atoms. The van der Waals surface area contributed by atoms with Gasteiger partial charge in [0.05, 0.1) is 20.3 Å². The number of ketones is 1. The van der Waals surface area contributed by atoms with Gasteiger partial charge in [0.15, 0.2) is 5.78 Å². The van der Waals surface area contributed by atoms with Gasteiger partial charge < -0.3 is 29.4 Å². The van der Waals surface area contributed by atoms with Crippen molar-refractivity contribution in [2.45, 2.75) is 45.4 Å². The highest BCUT2D eigenvalue weighted by molar-refractivity contribution is 7.74. The first-order valence-corrected chi connectivity index (χ1v) is 17.6. The van der Waals surface area contributed by atoms with Gasteiger partial charge in [-0.25, -0.2) is 4.79 Å². The highest BCUT2D eigenvalue weighted by atomic mass is 31.2. The number of nitrogens with one attached hydrogen (secondary N) is 2. The van der Waals surface area contributed by atoms with Gasteiger partial charge in [-0.15, -0.1) is 0 Å². The molecule has 0 bridgehead atoms. The quantitative estimate of drug-likeness (QED) is 0.138. The Morgan fingerprint density at radius 2 is 1.18 bits per heavy atom. The number of hydrogen-bond donors (Lipinski definition) is 2. The Kier molecular flexibility index (Phi) is 13.6. The molecule has 49 heavy (non-hydrogen) atoms. The van der Waals surface area contributed by atoms with Crippen molar-refractivity contribution in [2.24, 2.45) is 5.92 Å². The number of hydrogen-bond acceptors (Lipinski definition) is 8. The van der Waals surface area contributed by atoms with Gasteiger partial charge in [-0.3, -0.25) is 14.2 Å². The first kappa shape index (κ1) is 36.9. The molecule has 0 fully saturated rings. The minimum Gasteiger partial charge on any atom is -0.497 e. The fraction of sp³-hybridized carbons (Fsp3) is 0.289. The van der Waals surface area contributed by atoms with Gasteiger partial charge >= 0.3 is 6.09 Å². The van der Waals surface area contributed by atoms with E-state index in [9.17, 15) is 18.9 Å². The number of carbonyl (C=O) groups is 3. The fourth-order valence-corrected chi connectivity index (χ4v) is 7.08. The summed E-state index contributed by atoms with van der Waals surface area (Å²) >= 11 is 0. The minimum atomic E-state index is -3.80. The van der Waals surface area contributed by atoms with E-state index in [4.69, 9.17) is 18.7 Å². The molecule has 0 aromatic heterocycles. The smallest absolute Gasteiger partial charge is 0.408 e. The second-order valence-corrected chi connectivity index (χ2v) is 14.2. The van der Waals surface area contributed by atoms with Crippen LogP contribution in [-0.4, -0.2) is 50.7 Å². The zero-order valence-electron chi connectivity index (χ0n) is 28.2. The van der Waals surface area contributed by atoms with Crippen LogP contribution in [0.25, 0.3) is 0 Å². The van der Waals surface area contributed by atoms with Crippen LogP contribution in [0.3, 0.4) is 0 Å². The fourth-order valence-electron chi connectivity index (χ4n) is 5.09. The Morgan fingerprint density at radius 1 is 0.673 bits per heavy atom. The standard InChI is InChI=1S/C38H43N2O8P/c1-27(2)23-35(40-38(43)47-25-29-13-9-6-10-14-29)37(42)39-34(24-28-11-7-5-8-12-28)36(41)26-48-49(44,32-19-15-30(45-3)16-20-32)33-21-17-31(46-4)18-22-33/h5-22,27,34-35H,23-26H2,1-4H3,(H,39,42)(H,40,43)/t34?,35-/m0/s1. The topological polar surface area (TPSA) is 129 Å². The molecule has 4 aromatic carbocycles. The molecule has 11 heteroatoms. The molecule has 0 heterocycles. The number of amides is 2. The highest BCUT2D eigenvalue weighted by Crippen LogP contribution is 2.45. The summed E-state index contributed by atoms with van der Waals surface area (Å²) in [5.74, 6) is 0.139. The molecule has 10 nitrogen and oxygen atoms in total. The van der Waals surface area contributed by atoms with E-state index in [1.807, 2.05) is 74.5 Å². The first-order chi connectivity index (χ1) is 23.6. The summed E-state index contributed by atoms with van der Waals surface area (Å²) in [4.78, 5) is 40.4. The van der Waals surface area contributed by atoms with Crippen LogP contribution in [0.1, 0.15) is 31.4 Å². The van der Waals surface area contributed by atoms with Gasteiger partial charge in [-0.05, 0) is 78.4 Å². The van der Waals surface area contributed by atoms with Crippen LogP contribution in [-0.2, 0) is 36.4 Å². The van der Waals surface area contributed by atoms with Gasteiger partial charge in [0.2, 0.25) is 5.91 Å². The predicted octanol–water partition coefficient (Wildman–Crippen LogP) is 5.59. The van der Waals surface area contributed by atoms with Crippen molar-refractivity contribution >= 4 is 35.8 Å². The van der Waals surface area contributed by atoms with E-state index in [1.54, 1.807) is 48.5 Å². The molecule has 0 radical (unpaired) electrons. The maximum Gasteiger partial charge on any atom is 0.408 e. The number of methoxy groups -OCH3 is 2. The minimum absolute atomic E-state index is 0.0386. The average Bonchev–Trinajstić information content (AvgIpc) is 3.13. The third-order valence-electron chi connectivity index (χ3n) is 7.73. The van der Waals surface area contributed by atoms with Crippen molar-refractivity contribution in [3.8, 4) is 11.5 Å². The van der Waals surface area contributed by atoms with Crippen molar-refractivity contribution in [3.05, 3.63) is 120 Å². The molecule has 0 aliphatic carbocycles. The van der Waals surface area contributed by atoms with Crippen LogP contribution in [0.4, 0.5) is 4.79 Å². The van der Waals surface area contributed by atoms with E-state index >= 15 is 0 Å². The van der Waals surface area contributed by atoms with Crippen molar-refractivity contribution in [1.29, 1.82) is 0 Å². The Morgan fingerprint density at radius 3 is 1.67 bits per heavy atom. The number of Topliss-reactive ketones (excluding diaryl/α,β-unsaturated/α-hetero) is 1. The second-order valence-electron chi connectivity index (χ2n) is 11.8. The number of rotatable bonds is 17. The lowest BCUT2D eigenvalue weighted by Crippen LogP contribution is -2.53. The monoisotopic (exact) mass is 686 g/mol. The van der Waals surface area contributed by atoms with Gasteiger partial charge in [0.25, 0.3) is 7.37 Å². The number of benzene rings is 4. The summed E-state index contributed by atoms with van der Waals surface area (Å²) in [5.41, 5.74) is 1.60. The van der Waals surface area contributed by atoms with Crippen LogP contribution >= 0.6 is 7.37 Å². The molecule has 0 saturated heterocycles. The molecule has 4 rings (SSSR count). The van der Waals surface area contributed by atoms with Crippen molar-refractivity contribution < 1.29 is 37.7 Å². The number of ether oxygens (including phenoxy) is 3. The van der Waals surface area contributed by atoms with Gasteiger partial charge in [-0.2, -0.15) is 0 Å². The molecule has 0 saturated carbocycles. The maximum absolute atomic E-state index is 14.6. The van der Waals surface area contributed by atoms with E-state index in [0.717, 1.165) is 11.1 Å². The highest BCUT2D eigenvalue weighted by Gasteiger charge is 2.33. The van der Waals surface area contributed by atoms with E-state index in [2.05, 4.69) is 10.6 Å². The Hall–Kier alpha value is -4.92. The Balaban J connectivity index is 1.54. The third kappa shape index (κ3) is 10.8. The lowest BCUT2D eigenvalue weighted by Gasteiger charge is -2.25. The van der Waals surface area contributed by atoms with Gasteiger partial charge in [0.1, 0.15) is 30.8 Å². The van der Waals surface area contributed by atoms with E-state index < -0.39 is 43.8 Å². The van der Waals surface area contributed by atoms with Crippen LogP contribution in [0.5, 0.6) is 11.5 Å². The van der Waals surface area contributed by atoms with E-state index in [0.29, 0.717) is 28.5 Å². The zero-order valence-corrected chi connectivity index (χ0v) is 29.1. The average molecular weight is 687 g/mol. The number of carbonyl (C=O) groups excluding carboxylic acids is 3. The molecular weight excluding hydrogens is 643 g/mol. The summed E-state index contributed by atoms with van der Waals surface area (Å²) in [6.45, 7) is 3.33. The summed E-state index contributed by atoms with van der Waals surface area (Å²) in [7, 11) is -0.741. The van der Waals surface area contributed by atoms with Gasteiger partial charge in [0, 0.05) is 10.6 Å². The van der Waals surface area contributed by atoms with Crippen molar-refractivity contribution in [3.63, 3.8) is 0 Å². The van der Waals surface area contributed by atoms with Crippen LogP contribution in [0.15, 0.2) is 109 Å². The summed E-state index contributed by atoms with van der Waals surface area (Å²) < 4.78 is 36.6. The Bertz CT molecular complexity index is 1650. The lowest BCUT2D eigenvalue weighted by molar-refractivity contribution is -0.130.